The van der Waals surface area contributed by atoms with E-state index in [2.05, 4.69) is 5.32 Å². The molecule has 2 rings (SSSR count). The van der Waals surface area contributed by atoms with Crippen molar-refractivity contribution in [2.75, 3.05) is 26.4 Å². The number of ether oxygens (including phenoxy) is 8. The number of benzene rings is 1. The predicted octanol–water partition coefficient (Wildman–Crippen LogP) is 7.79. The molecule has 1 heterocycles. The number of halogens is 1. The van der Waals surface area contributed by atoms with Crippen LogP contribution in [0.4, 0.5) is 4.39 Å². The van der Waals surface area contributed by atoms with Crippen molar-refractivity contribution >= 4 is 29.8 Å². The van der Waals surface area contributed by atoms with Crippen LogP contribution in [-0.2, 0) is 68.5 Å². The van der Waals surface area contributed by atoms with Crippen molar-refractivity contribution in [3.05, 3.63) is 35.9 Å². The molecular weight excluding hydrogens is 793 g/mol. The summed E-state index contributed by atoms with van der Waals surface area (Å²) < 4.78 is 61.8. The van der Waals surface area contributed by atoms with E-state index >= 15 is 4.39 Å². The van der Waals surface area contributed by atoms with Gasteiger partial charge in [-0.2, -0.15) is 0 Å². The van der Waals surface area contributed by atoms with E-state index in [9.17, 15) is 24.0 Å². The Labute approximate surface area is 362 Å². The van der Waals surface area contributed by atoms with Crippen LogP contribution in [0.1, 0.15) is 151 Å². The first kappa shape index (κ1) is 53.5. The van der Waals surface area contributed by atoms with E-state index in [0.29, 0.717) is 12.8 Å². The molecule has 1 aliphatic heterocycles. The van der Waals surface area contributed by atoms with Gasteiger partial charge in [0.25, 0.3) is 0 Å². The third-order valence-corrected chi connectivity index (χ3v) is 8.92. The monoisotopic (exact) mass is 868 g/mol. The van der Waals surface area contributed by atoms with Crippen molar-refractivity contribution in [2.45, 2.75) is 200 Å². The molecule has 1 aliphatic rings. The molecule has 0 unspecified atom stereocenters. The Kier molecular flexibility index (Phi) is 24.0. The molecule has 14 nitrogen and oxygen atoms in total. The number of carbonyl (C=O) groups is 5. The summed E-state index contributed by atoms with van der Waals surface area (Å²) in [6.07, 6.45) is 0.341. The minimum Gasteiger partial charge on any atom is -0.461 e. The second-order valence-electron chi connectivity index (χ2n) is 18.3. The molecule has 1 amide bonds. The fourth-order valence-corrected chi connectivity index (χ4v) is 6.29. The van der Waals surface area contributed by atoms with E-state index in [1.807, 2.05) is 30.3 Å². The van der Waals surface area contributed by atoms with Crippen LogP contribution in [0.25, 0.3) is 0 Å². The van der Waals surface area contributed by atoms with Gasteiger partial charge in [0, 0.05) is 12.8 Å². The van der Waals surface area contributed by atoms with Crippen LogP contribution in [0.2, 0.25) is 0 Å². The molecule has 0 saturated carbocycles. The lowest BCUT2D eigenvalue weighted by Crippen LogP contribution is -2.63. The summed E-state index contributed by atoms with van der Waals surface area (Å²) in [6, 6.07) is 9.59. The summed E-state index contributed by atoms with van der Waals surface area (Å²) in [5, 5.41) is 2.66. The van der Waals surface area contributed by atoms with E-state index in [-0.39, 0.29) is 64.7 Å². The maximum Gasteiger partial charge on any atom is 0.308 e. The maximum atomic E-state index is 16.4. The zero-order valence-electron chi connectivity index (χ0n) is 38.2. The molecule has 15 heteroatoms. The SMILES string of the molecule is CC(C)(C)OC(=O)CCOC[C@H]1O[C@@H](NC(=O)CCCCCCCCCCC(=O)OCc2ccccc2)[C@H](F)[C@@H](OCCC(=O)OC(C)(C)C)[C@@H]1OCCC(=O)OC(C)(C)C. The average Bonchev–Trinajstić information content (AvgIpc) is 3.14. The Morgan fingerprint density at radius 2 is 1.05 bits per heavy atom. The smallest absolute Gasteiger partial charge is 0.308 e. The zero-order valence-corrected chi connectivity index (χ0v) is 38.2. The zero-order chi connectivity index (χ0) is 45.5. The number of amides is 1. The first-order valence-electron chi connectivity index (χ1n) is 21.9. The second kappa shape index (κ2) is 27.4. The highest BCUT2D eigenvalue weighted by atomic mass is 19.1. The molecule has 5 atom stereocenters. The molecule has 1 aromatic carbocycles. The van der Waals surface area contributed by atoms with Gasteiger partial charge in [-0.25, -0.2) is 4.39 Å². The van der Waals surface area contributed by atoms with Gasteiger partial charge >= 0.3 is 23.9 Å². The summed E-state index contributed by atoms with van der Waals surface area (Å²) in [7, 11) is 0. The van der Waals surface area contributed by atoms with Crippen molar-refractivity contribution in [1.82, 2.24) is 5.32 Å². The summed E-state index contributed by atoms with van der Waals surface area (Å²) in [6.45, 7) is 15.4. The van der Waals surface area contributed by atoms with Crippen LogP contribution in [0, 0.1) is 0 Å². The highest BCUT2D eigenvalue weighted by Gasteiger charge is 2.48. The molecular formula is C46H74FNO13. The maximum absolute atomic E-state index is 16.4. The Balaban J connectivity index is 1.96. The lowest BCUT2D eigenvalue weighted by Gasteiger charge is -2.43. The van der Waals surface area contributed by atoms with Gasteiger partial charge in [0.1, 0.15) is 41.7 Å². The first-order chi connectivity index (χ1) is 28.6. The van der Waals surface area contributed by atoms with Crippen molar-refractivity contribution in [3.8, 4) is 0 Å². The largest absolute Gasteiger partial charge is 0.461 e. The van der Waals surface area contributed by atoms with Crippen LogP contribution in [0.3, 0.4) is 0 Å². The number of nitrogens with one attached hydrogen (secondary N) is 1. The average molecular weight is 868 g/mol. The van der Waals surface area contributed by atoms with Gasteiger partial charge in [0.15, 0.2) is 12.4 Å². The molecule has 1 aromatic rings. The number of unbranched alkanes of at least 4 members (excludes halogenated alkanes) is 7. The molecule has 348 valence electrons. The Morgan fingerprint density at radius 1 is 0.590 bits per heavy atom. The molecule has 1 saturated heterocycles. The number of hydrogen-bond donors (Lipinski definition) is 1. The third kappa shape index (κ3) is 25.8. The molecule has 0 spiro atoms. The minimum absolute atomic E-state index is 0.0382. The lowest BCUT2D eigenvalue weighted by molar-refractivity contribution is -0.247. The lowest BCUT2D eigenvalue weighted by atomic mass is 9.98. The van der Waals surface area contributed by atoms with Crippen molar-refractivity contribution in [1.29, 1.82) is 0 Å². The Bertz CT molecular complexity index is 1450. The predicted molar refractivity (Wildman–Crippen MR) is 226 cm³/mol. The van der Waals surface area contributed by atoms with E-state index in [4.69, 9.17) is 37.9 Å². The van der Waals surface area contributed by atoms with Gasteiger partial charge in [-0.1, -0.05) is 68.9 Å². The van der Waals surface area contributed by atoms with Crippen molar-refractivity contribution in [2.24, 2.45) is 0 Å². The third-order valence-electron chi connectivity index (χ3n) is 8.92. The molecule has 1 fully saturated rings. The topological polar surface area (TPSA) is 171 Å². The highest BCUT2D eigenvalue weighted by molar-refractivity contribution is 5.76. The van der Waals surface area contributed by atoms with Gasteiger partial charge in [-0.15, -0.1) is 0 Å². The second-order valence-corrected chi connectivity index (χ2v) is 18.3. The van der Waals surface area contributed by atoms with Gasteiger partial charge in [-0.3, -0.25) is 24.0 Å². The number of carbonyl (C=O) groups excluding carboxylic acids is 5. The quantitative estimate of drug-likeness (QED) is 0.0517. The molecule has 1 N–H and O–H groups in total. The molecule has 0 radical (unpaired) electrons. The first-order valence-corrected chi connectivity index (χ1v) is 21.9. The van der Waals surface area contributed by atoms with Crippen molar-refractivity contribution < 1.29 is 66.3 Å². The normalized spacial score (nSPS) is 19.5. The van der Waals surface area contributed by atoms with Gasteiger partial charge in [-0.05, 0) is 80.7 Å². The fourth-order valence-electron chi connectivity index (χ4n) is 6.29. The van der Waals surface area contributed by atoms with E-state index in [0.717, 1.165) is 50.5 Å². The number of rotatable bonds is 27. The molecule has 61 heavy (non-hydrogen) atoms. The van der Waals surface area contributed by atoms with Crippen molar-refractivity contribution in [3.63, 3.8) is 0 Å². The van der Waals surface area contributed by atoms with Gasteiger partial charge in [0.2, 0.25) is 5.91 Å². The standard InChI is InChI=1S/C46H74FNO13/c1-44(2,3)59-37(51)25-28-54-32-34-41(55-29-26-38(52)60-45(4,5)6)42(56-30-27-39(53)61-46(7,8)9)40(47)43(58-34)48-35(49)23-19-14-12-10-11-13-15-20-24-36(50)57-31-33-21-17-16-18-22-33/h16-18,21-22,34,40-43H,10-15,19-20,23-32H2,1-9H3,(H,48,49)/t34-,40-,41-,42-,43-/m1/s1. The summed E-state index contributed by atoms with van der Waals surface area (Å²) in [4.78, 5) is 62.4. The van der Waals surface area contributed by atoms with Gasteiger partial charge < -0.3 is 43.2 Å². The van der Waals surface area contributed by atoms with Crippen LogP contribution in [0.15, 0.2) is 30.3 Å². The van der Waals surface area contributed by atoms with E-state index in [1.54, 1.807) is 62.3 Å². The number of esters is 4. The summed E-state index contributed by atoms with van der Waals surface area (Å²) in [5.41, 5.74) is -1.16. The van der Waals surface area contributed by atoms with Gasteiger partial charge in [0.05, 0.1) is 45.7 Å². The molecule has 0 aromatic heterocycles. The van der Waals surface area contributed by atoms with Crippen LogP contribution >= 0.6 is 0 Å². The Hall–Kier alpha value is -3.66. The Morgan fingerprint density at radius 3 is 1.56 bits per heavy atom. The molecule has 0 bridgehead atoms. The van der Waals surface area contributed by atoms with E-state index < -0.39 is 71.3 Å². The van der Waals surface area contributed by atoms with Crippen LogP contribution < -0.4 is 5.32 Å². The summed E-state index contributed by atoms with van der Waals surface area (Å²) >= 11 is 0. The van der Waals surface area contributed by atoms with E-state index in [1.165, 1.54) is 0 Å². The van der Waals surface area contributed by atoms with Crippen LogP contribution in [0.5, 0.6) is 0 Å². The number of alkyl halides is 1. The minimum atomic E-state index is -1.93. The highest BCUT2D eigenvalue weighted by Crippen LogP contribution is 2.29. The molecule has 0 aliphatic carbocycles. The fraction of sp³-hybridized carbons (Fsp3) is 0.761. The van der Waals surface area contributed by atoms with Crippen LogP contribution in [-0.4, -0.2) is 104 Å². The number of hydrogen-bond acceptors (Lipinski definition) is 13. The summed E-state index contributed by atoms with van der Waals surface area (Å²) in [5.74, 6) is -2.13.